The standard InChI is InChI=1S/C20H24FN3OS/c1-2-19(26-18-9-5-16(22)6-10-18)20(25)24-13-11-23(12-14-24)17-7-3-15(21)4-8-17/h3-10,19H,2,11-14,22H2,1H3. The third-order valence-electron chi connectivity index (χ3n) is 4.59. The molecule has 1 saturated heterocycles. The summed E-state index contributed by atoms with van der Waals surface area (Å²) in [7, 11) is 0. The Balaban J connectivity index is 1.57. The monoisotopic (exact) mass is 373 g/mol. The summed E-state index contributed by atoms with van der Waals surface area (Å²) in [5.74, 6) is -0.0406. The fraction of sp³-hybridized carbons (Fsp3) is 0.350. The molecule has 4 nitrogen and oxygen atoms in total. The highest BCUT2D eigenvalue weighted by Gasteiger charge is 2.27. The molecule has 1 aliphatic rings. The van der Waals surface area contributed by atoms with E-state index in [4.69, 9.17) is 5.73 Å². The first-order valence-corrected chi connectivity index (χ1v) is 9.76. The number of nitrogens with zero attached hydrogens (tertiary/aromatic N) is 2. The molecule has 1 amide bonds. The lowest BCUT2D eigenvalue weighted by molar-refractivity contribution is -0.130. The van der Waals surface area contributed by atoms with Crippen LogP contribution < -0.4 is 10.6 Å². The Kier molecular flexibility index (Phi) is 6.04. The van der Waals surface area contributed by atoms with Crippen molar-refractivity contribution < 1.29 is 9.18 Å². The molecule has 2 aromatic rings. The fourth-order valence-electron chi connectivity index (χ4n) is 3.06. The third kappa shape index (κ3) is 4.49. The van der Waals surface area contributed by atoms with Gasteiger partial charge in [-0.15, -0.1) is 11.8 Å². The lowest BCUT2D eigenvalue weighted by Gasteiger charge is -2.37. The van der Waals surface area contributed by atoms with Crippen LogP contribution in [0.2, 0.25) is 0 Å². The maximum Gasteiger partial charge on any atom is 0.236 e. The number of rotatable bonds is 5. The lowest BCUT2D eigenvalue weighted by atomic mass is 10.2. The minimum Gasteiger partial charge on any atom is -0.399 e. The number of nitrogen functional groups attached to an aromatic ring is 1. The summed E-state index contributed by atoms with van der Waals surface area (Å²) in [6.45, 7) is 4.95. The molecule has 1 fully saturated rings. The zero-order valence-corrected chi connectivity index (χ0v) is 15.7. The van der Waals surface area contributed by atoms with Crippen LogP contribution in [-0.2, 0) is 4.79 Å². The minimum absolute atomic E-state index is 0.0870. The van der Waals surface area contributed by atoms with Crippen molar-refractivity contribution in [1.29, 1.82) is 0 Å². The van der Waals surface area contributed by atoms with Crippen molar-refractivity contribution in [3.05, 3.63) is 54.3 Å². The van der Waals surface area contributed by atoms with E-state index in [2.05, 4.69) is 4.90 Å². The summed E-state index contributed by atoms with van der Waals surface area (Å²) in [5, 5.41) is -0.0870. The van der Waals surface area contributed by atoms with Gasteiger partial charge in [-0.3, -0.25) is 4.79 Å². The molecule has 2 N–H and O–H groups in total. The van der Waals surface area contributed by atoms with Crippen LogP contribution >= 0.6 is 11.8 Å². The molecule has 138 valence electrons. The average Bonchev–Trinajstić information content (AvgIpc) is 2.68. The summed E-state index contributed by atoms with van der Waals surface area (Å²) >= 11 is 1.60. The van der Waals surface area contributed by atoms with Gasteiger partial charge in [-0.05, 0) is 55.0 Å². The lowest BCUT2D eigenvalue weighted by Crippen LogP contribution is -2.51. The minimum atomic E-state index is -0.229. The molecule has 1 atom stereocenters. The highest BCUT2D eigenvalue weighted by atomic mass is 32.2. The molecule has 1 aliphatic heterocycles. The van der Waals surface area contributed by atoms with E-state index in [1.807, 2.05) is 36.1 Å². The maximum absolute atomic E-state index is 13.1. The van der Waals surface area contributed by atoms with Crippen molar-refractivity contribution in [2.75, 3.05) is 36.8 Å². The van der Waals surface area contributed by atoms with Gasteiger partial charge in [-0.1, -0.05) is 6.92 Å². The average molecular weight is 373 g/mol. The molecule has 0 saturated carbocycles. The summed E-state index contributed by atoms with van der Waals surface area (Å²) in [4.78, 5) is 18.1. The van der Waals surface area contributed by atoms with Crippen molar-refractivity contribution in [3.8, 4) is 0 Å². The van der Waals surface area contributed by atoms with Crippen molar-refractivity contribution in [2.24, 2.45) is 0 Å². The van der Waals surface area contributed by atoms with E-state index in [9.17, 15) is 9.18 Å². The van der Waals surface area contributed by atoms with Gasteiger partial charge < -0.3 is 15.5 Å². The van der Waals surface area contributed by atoms with E-state index in [1.165, 1.54) is 12.1 Å². The van der Waals surface area contributed by atoms with Crippen molar-refractivity contribution in [3.63, 3.8) is 0 Å². The second-order valence-corrected chi connectivity index (χ2v) is 7.65. The Bertz CT molecular complexity index is 728. The Hall–Kier alpha value is -2.21. The summed E-state index contributed by atoms with van der Waals surface area (Å²) < 4.78 is 13.1. The van der Waals surface area contributed by atoms with E-state index >= 15 is 0 Å². The summed E-state index contributed by atoms with van der Waals surface area (Å²) in [6.07, 6.45) is 0.784. The van der Waals surface area contributed by atoms with Crippen LogP contribution in [0.25, 0.3) is 0 Å². The molecular formula is C20H24FN3OS. The first-order valence-electron chi connectivity index (χ1n) is 8.88. The first-order chi connectivity index (χ1) is 12.6. The maximum atomic E-state index is 13.1. The van der Waals surface area contributed by atoms with E-state index in [-0.39, 0.29) is 17.0 Å². The zero-order chi connectivity index (χ0) is 18.5. The molecule has 3 rings (SSSR count). The number of amides is 1. The molecule has 2 aromatic carbocycles. The van der Waals surface area contributed by atoms with Crippen molar-refractivity contribution >= 4 is 29.0 Å². The SMILES string of the molecule is CCC(Sc1ccc(N)cc1)C(=O)N1CCN(c2ccc(F)cc2)CC1. The van der Waals surface area contributed by atoms with Gasteiger partial charge in [0.25, 0.3) is 0 Å². The van der Waals surface area contributed by atoms with Crippen LogP contribution in [0.3, 0.4) is 0 Å². The van der Waals surface area contributed by atoms with Gasteiger partial charge in [0.1, 0.15) is 5.82 Å². The quantitative estimate of drug-likeness (QED) is 0.642. The predicted molar refractivity (Wildman–Crippen MR) is 106 cm³/mol. The second kappa shape index (κ2) is 8.45. The van der Waals surface area contributed by atoms with E-state index in [1.54, 1.807) is 23.9 Å². The number of hydrogen-bond acceptors (Lipinski definition) is 4. The van der Waals surface area contributed by atoms with Gasteiger partial charge in [0.15, 0.2) is 0 Å². The zero-order valence-electron chi connectivity index (χ0n) is 14.9. The van der Waals surface area contributed by atoms with Crippen molar-refractivity contribution in [2.45, 2.75) is 23.5 Å². The molecule has 1 heterocycles. The molecule has 26 heavy (non-hydrogen) atoms. The highest BCUT2D eigenvalue weighted by molar-refractivity contribution is 8.00. The Morgan fingerprint density at radius 1 is 1.08 bits per heavy atom. The Morgan fingerprint density at radius 2 is 1.69 bits per heavy atom. The number of thioether (sulfide) groups is 1. The number of anilines is 2. The number of carbonyl (C=O) groups is 1. The van der Waals surface area contributed by atoms with Gasteiger partial charge in [0, 0.05) is 42.4 Å². The number of piperazine rings is 1. The number of halogens is 1. The largest absolute Gasteiger partial charge is 0.399 e. The van der Waals surface area contributed by atoms with Crippen LogP contribution in [0.1, 0.15) is 13.3 Å². The van der Waals surface area contributed by atoms with Gasteiger partial charge in [-0.2, -0.15) is 0 Å². The molecule has 0 bridgehead atoms. The van der Waals surface area contributed by atoms with Crippen LogP contribution in [0, 0.1) is 5.82 Å². The van der Waals surface area contributed by atoms with Gasteiger partial charge in [0.2, 0.25) is 5.91 Å². The normalized spacial score (nSPS) is 15.8. The van der Waals surface area contributed by atoms with E-state index in [0.717, 1.165) is 35.8 Å². The van der Waals surface area contributed by atoms with Gasteiger partial charge in [0.05, 0.1) is 5.25 Å². The van der Waals surface area contributed by atoms with Gasteiger partial charge in [-0.25, -0.2) is 4.39 Å². The summed E-state index contributed by atoms with van der Waals surface area (Å²) in [5.41, 5.74) is 7.46. The first kappa shape index (κ1) is 18.6. The Labute approximate surface area is 158 Å². The molecule has 0 spiro atoms. The molecule has 0 aromatic heterocycles. The smallest absolute Gasteiger partial charge is 0.236 e. The second-order valence-electron chi connectivity index (χ2n) is 6.37. The number of nitrogens with two attached hydrogens (primary N) is 1. The third-order valence-corrected chi connectivity index (χ3v) is 5.95. The van der Waals surface area contributed by atoms with Crippen LogP contribution in [0.15, 0.2) is 53.4 Å². The van der Waals surface area contributed by atoms with Crippen LogP contribution in [0.4, 0.5) is 15.8 Å². The predicted octanol–water partition coefficient (Wildman–Crippen LogP) is 3.63. The van der Waals surface area contributed by atoms with E-state index in [0.29, 0.717) is 13.1 Å². The van der Waals surface area contributed by atoms with Crippen LogP contribution in [-0.4, -0.2) is 42.2 Å². The summed E-state index contributed by atoms with van der Waals surface area (Å²) in [6, 6.07) is 14.2. The molecule has 1 unspecified atom stereocenters. The number of carbonyl (C=O) groups excluding carboxylic acids is 1. The topological polar surface area (TPSA) is 49.6 Å². The van der Waals surface area contributed by atoms with Gasteiger partial charge >= 0.3 is 0 Å². The van der Waals surface area contributed by atoms with Crippen molar-refractivity contribution in [1.82, 2.24) is 4.90 Å². The molecule has 0 radical (unpaired) electrons. The van der Waals surface area contributed by atoms with E-state index < -0.39 is 0 Å². The Morgan fingerprint density at radius 3 is 2.27 bits per heavy atom. The number of benzene rings is 2. The molecule has 0 aliphatic carbocycles. The molecule has 6 heteroatoms. The molecular weight excluding hydrogens is 349 g/mol. The number of hydrogen-bond donors (Lipinski definition) is 1. The highest BCUT2D eigenvalue weighted by Crippen LogP contribution is 2.28. The fourth-order valence-corrected chi connectivity index (χ4v) is 4.10. The van der Waals surface area contributed by atoms with Crippen LogP contribution in [0.5, 0.6) is 0 Å².